The van der Waals surface area contributed by atoms with Crippen molar-refractivity contribution in [2.45, 2.75) is 38.5 Å². The summed E-state index contributed by atoms with van der Waals surface area (Å²) in [5.74, 6) is 1.67. The van der Waals surface area contributed by atoms with E-state index in [0.29, 0.717) is 5.92 Å². The number of hydrogen-bond acceptors (Lipinski definition) is 3. The number of benzene rings is 1. The molecule has 0 aliphatic carbocycles. The molecule has 0 aliphatic rings. The molecule has 0 fully saturated rings. The monoisotopic (exact) mass is 262 g/mol. The number of rotatable bonds is 7. The number of nitrogens with one attached hydrogen (secondary N) is 1. The average molecular weight is 262 g/mol. The van der Waals surface area contributed by atoms with E-state index in [1.165, 1.54) is 12.8 Å². The highest BCUT2D eigenvalue weighted by Gasteiger charge is 2.09. The Kier molecular flexibility index (Phi) is 6.67. The van der Waals surface area contributed by atoms with E-state index in [1.54, 1.807) is 11.8 Å². The molecular formula is C15H22N2S. The summed E-state index contributed by atoms with van der Waals surface area (Å²) >= 11 is 1.72. The highest BCUT2D eigenvalue weighted by Crippen LogP contribution is 2.28. The van der Waals surface area contributed by atoms with Crippen LogP contribution in [0.1, 0.15) is 39.2 Å². The molecule has 0 amide bonds. The zero-order valence-electron chi connectivity index (χ0n) is 11.5. The van der Waals surface area contributed by atoms with Crippen LogP contribution in [0.4, 0.5) is 5.69 Å². The molecular weight excluding hydrogens is 240 g/mol. The maximum Gasteiger partial charge on any atom is 0.102 e. The Morgan fingerprint density at radius 1 is 1.28 bits per heavy atom. The molecule has 1 rings (SSSR count). The number of nitriles is 1. The maximum absolute atomic E-state index is 9.30. The molecule has 1 aromatic rings. The van der Waals surface area contributed by atoms with E-state index in [0.717, 1.165) is 28.4 Å². The van der Waals surface area contributed by atoms with E-state index in [9.17, 15) is 5.26 Å². The van der Waals surface area contributed by atoms with Gasteiger partial charge in [0.15, 0.2) is 0 Å². The second-order valence-corrected chi connectivity index (χ2v) is 5.59. The van der Waals surface area contributed by atoms with Gasteiger partial charge in [0.2, 0.25) is 0 Å². The average Bonchev–Trinajstić information content (AvgIpc) is 2.40. The van der Waals surface area contributed by atoms with Gasteiger partial charge in [-0.1, -0.05) is 39.7 Å². The fourth-order valence-electron chi connectivity index (χ4n) is 1.90. The Morgan fingerprint density at radius 3 is 2.56 bits per heavy atom. The van der Waals surface area contributed by atoms with Crippen LogP contribution in [-0.2, 0) is 0 Å². The smallest absolute Gasteiger partial charge is 0.102 e. The number of anilines is 1. The maximum atomic E-state index is 9.30. The molecule has 0 saturated carbocycles. The van der Waals surface area contributed by atoms with Crippen LogP contribution in [0, 0.1) is 17.2 Å². The summed E-state index contributed by atoms with van der Waals surface area (Å²) in [4.78, 5) is 1.08. The van der Waals surface area contributed by atoms with Crippen molar-refractivity contribution in [1.29, 1.82) is 5.26 Å². The van der Waals surface area contributed by atoms with Crippen molar-refractivity contribution < 1.29 is 0 Å². The van der Waals surface area contributed by atoms with Gasteiger partial charge < -0.3 is 5.32 Å². The molecule has 3 heteroatoms. The summed E-state index contributed by atoms with van der Waals surface area (Å²) in [6, 6.07) is 8.37. The van der Waals surface area contributed by atoms with Gasteiger partial charge in [0.25, 0.3) is 0 Å². The SMILES string of the molecule is CCSc1cccc(NCC(CC)CC)c1C#N. The fraction of sp³-hybridized carbons (Fsp3) is 0.533. The van der Waals surface area contributed by atoms with E-state index in [-0.39, 0.29) is 0 Å². The van der Waals surface area contributed by atoms with Crippen molar-refractivity contribution in [3.8, 4) is 6.07 Å². The van der Waals surface area contributed by atoms with Gasteiger partial charge in [0.1, 0.15) is 6.07 Å². The van der Waals surface area contributed by atoms with Gasteiger partial charge in [-0.3, -0.25) is 0 Å². The third-order valence-corrected chi connectivity index (χ3v) is 4.11. The molecule has 0 atom stereocenters. The Labute approximate surface area is 115 Å². The quantitative estimate of drug-likeness (QED) is 0.734. The summed E-state index contributed by atoms with van der Waals surface area (Å²) < 4.78 is 0. The van der Waals surface area contributed by atoms with Crippen LogP contribution in [0.2, 0.25) is 0 Å². The van der Waals surface area contributed by atoms with Crippen LogP contribution < -0.4 is 5.32 Å². The Balaban J connectivity index is 2.82. The van der Waals surface area contributed by atoms with E-state index < -0.39 is 0 Å². The van der Waals surface area contributed by atoms with Crippen LogP contribution in [0.5, 0.6) is 0 Å². The molecule has 1 aromatic carbocycles. The predicted octanol–water partition coefficient (Wildman–Crippen LogP) is 4.52. The summed E-state index contributed by atoms with van der Waals surface area (Å²) in [5, 5.41) is 12.7. The number of hydrogen-bond donors (Lipinski definition) is 1. The van der Waals surface area contributed by atoms with E-state index >= 15 is 0 Å². The highest BCUT2D eigenvalue weighted by atomic mass is 32.2. The predicted molar refractivity (Wildman–Crippen MR) is 80.1 cm³/mol. The minimum absolute atomic E-state index is 0.680. The van der Waals surface area contributed by atoms with Gasteiger partial charge in [0.05, 0.1) is 11.3 Å². The van der Waals surface area contributed by atoms with Crippen LogP contribution in [-0.4, -0.2) is 12.3 Å². The van der Waals surface area contributed by atoms with Crippen LogP contribution in [0.15, 0.2) is 23.1 Å². The third kappa shape index (κ3) is 3.96. The first kappa shape index (κ1) is 14.9. The molecule has 0 aliphatic heterocycles. The zero-order chi connectivity index (χ0) is 13.4. The standard InChI is InChI=1S/C15H22N2S/c1-4-12(5-2)11-17-14-8-7-9-15(18-6-3)13(14)10-16/h7-9,12,17H,4-6,11H2,1-3H3. The summed E-state index contributed by atoms with van der Waals surface area (Å²) in [6.45, 7) is 7.48. The van der Waals surface area contributed by atoms with Crippen molar-refractivity contribution in [1.82, 2.24) is 0 Å². The molecule has 1 N–H and O–H groups in total. The minimum atomic E-state index is 0.680. The van der Waals surface area contributed by atoms with Crippen LogP contribution in [0.3, 0.4) is 0 Å². The Morgan fingerprint density at radius 2 is 2.00 bits per heavy atom. The van der Waals surface area contributed by atoms with Crippen molar-refractivity contribution in [3.05, 3.63) is 23.8 Å². The molecule has 2 nitrogen and oxygen atoms in total. The third-order valence-electron chi connectivity index (χ3n) is 3.17. The van der Waals surface area contributed by atoms with E-state index in [4.69, 9.17) is 0 Å². The fourth-order valence-corrected chi connectivity index (χ4v) is 2.69. The van der Waals surface area contributed by atoms with E-state index in [2.05, 4.69) is 32.2 Å². The lowest BCUT2D eigenvalue weighted by molar-refractivity contribution is 0.519. The molecule has 0 radical (unpaired) electrons. The van der Waals surface area contributed by atoms with Crippen LogP contribution >= 0.6 is 11.8 Å². The summed E-state index contributed by atoms with van der Waals surface area (Å²) in [6.07, 6.45) is 2.35. The topological polar surface area (TPSA) is 35.8 Å². The summed E-state index contributed by atoms with van der Waals surface area (Å²) in [7, 11) is 0. The Hall–Kier alpha value is -1.14. The van der Waals surface area contributed by atoms with E-state index in [1.807, 2.05) is 18.2 Å². The number of nitrogens with zero attached hydrogens (tertiary/aromatic N) is 1. The molecule has 0 unspecified atom stereocenters. The lowest BCUT2D eigenvalue weighted by Gasteiger charge is -2.16. The van der Waals surface area contributed by atoms with Gasteiger partial charge in [-0.15, -0.1) is 11.8 Å². The van der Waals surface area contributed by atoms with Gasteiger partial charge >= 0.3 is 0 Å². The molecule has 18 heavy (non-hydrogen) atoms. The van der Waals surface area contributed by atoms with Gasteiger partial charge in [-0.05, 0) is 23.8 Å². The molecule has 0 heterocycles. The first-order chi connectivity index (χ1) is 8.76. The lowest BCUT2D eigenvalue weighted by atomic mass is 10.0. The molecule has 0 spiro atoms. The number of thioether (sulfide) groups is 1. The summed E-state index contributed by atoms with van der Waals surface area (Å²) in [5.41, 5.74) is 1.76. The van der Waals surface area contributed by atoms with Crippen molar-refractivity contribution in [2.24, 2.45) is 5.92 Å². The van der Waals surface area contributed by atoms with Crippen molar-refractivity contribution in [3.63, 3.8) is 0 Å². The first-order valence-corrected chi connectivity index (χ1v) is 7.65. The van der Waals surface area contributed by atoms with Gasteiger partial charge in [0, 0.05) is 11.4 Å². The van der Waals surface area contributed by atoms with Crippen molar-refractivity contribution in [2.75, 3.05) is 17.6 Å². The van der Waals surface area contributed by atoms with Gasteiger partial charge in [-0.2, -0.15) is 5.26 Å². The molecule has 0 bridgehead atoms. The van der Waals surface area contributed by atoms with Crippen molar-refractivity contribution >= 4 is 17.4 Å². The second kappa shape index (κ2) is 8.05. The normalized spacial score (nSPS) is 10.4. The molecule has 0 saturated heterocycles. The van der Waals surface area contributed by atoms with Gasteiger partial charge in [-0.25, -0.2) is 0 Å². The lowest BCUT2D eigenvalue weighted by Crippen LogP contribution is -2.13. The largest absolute Gasteiger partial charge is 0.384 e. The zero-order valence-corrected chi connectivity index (χ0v) is 12.3. The molecule has 98 valence electrons. The van der Waals surface area contributed by atoms with Crippen LogP contribution in [0.25, 0.3) is 0 Å². The Bertz CT molecular complexity index is 405. The highest BCUT2D eigenvalue weighted by molar-refractivity contribution is 7.99. The first-order valence-electron chi connectivity index (χ1n) is 6.66. The second-order valence-electron chi connectivity index (χ2n) is 4.29. The molecule has 0 aromatic heterocycles. The minimum Gasteiger partial charge on any atom is -0.384 e.